The van der Waals surface area contributed by atoms with E-state index in [1.807, 2.05) is 29.6 Å². The summed E-state index contributed by atoms with van der Waals surface area (Å²) in [4.78, 5) is 13.7. The van der Waals surface area contributed by atoms with E-state index < -0.39 is 0 Å². The molecule has 0 bridgehead atoms. The molecular formula is C23H25NO2S. The molecule has 3 nitrogen and oxygen atoms in total. The van der Waals surface area contributed by atoms with Gasteiger partial charge in [0, 0.05) is 5.56 Å². The van der Waals surface area contributed by atoms with Gasteiger partial charge >= 0.3 is 0 Å². The minimum atomic E-state index is -0.120. The normalized spacial score (nSPS) is 11.3. The lowest BCUT2D eigenvalue weighted by atomic mass is 9.87. The topological polar surface area (TPSA) is 38.3 Å². The first kappa shape index (κ1) is 19.2. The Kier molecular flexibility index (Phi) is 5.38. The number of nitrogens with one attached hydrogen (secondary N) is 1. The van der Waals surface area contributed by atoms with Gasteiger partial charge in [-0.05, 0) is 47.0 Å². The summed E-state index contributed by atoms with van der Waals surface area (Å²) >= 11 is 1.45. The van der Waals surface area contributed by atoms with Crippen LogP contribution in [0.25, 0.3) is 11.1 Å². The van der Waals surface area contributed by atoms with E-state index in [9.17, 15) is 4.79 Å². The molecule has 1 N–H and O–H groups in total. The summed E-state index contributed by atoms with van der Waals surface area (Å²) in [6.07, 6.45) is 0. The highest BCUT2D eigenvalue weighted by atomic mass is 32.1. The van der Waals surface area contributed by atoms with Gasteiger partial charge in [-0.3, -0.25) is 4.79 Å². The number of hydrogen-bond donors (Lipinski definition) is 1. The van der Waals surface area contributed by atoms with Gasteiger partial charge in [0.1, 0.15) is 5.75 Å². The van der Waals surface area contributed by atoms with Crippen molar-refractivity contribution in [1.29, 1.82) is 0 Å². The molecule has 1 heterocycles. The lowest BCUT2D eigenvalue weighted by molar-refractivity contribution is 0.103. The number of carbonyl (C=O) groups excluding carboxylic acids is 1. The highest BCUT2D eigenvalue weighted by molar-refractivity contribution is 7.12. The predicted molar refractivity (Wildman–Crippen MR) is 114 cm³/mol. The van der Waals surface area contributed by atoms with Crippen LogP contribution >= 0.6 is 11.3 Å². The Hall–Kier alpha value is -2.59. The molecule has 3 rings (SSSR count). The maximum atomic E-state index is 13.0. The summed E-state index contributed by atoms with van der Waals surface area (Å²) in [6.45, 7) is 8.50. The number of aryl methyl sites for hydroxylation is 1. The number of amides is 1. The van der Waals surface area contributed by atoms with E-state index in [0.29, 0.717) is 16.3 Å². The van der Waals surface area contributed by atoms with E-state index >= 15 is 0 Å². The lowest BCUT2D eigenvalue weighted by Crippen LogP contribution is -2.15. The van der Waals surface area contributed by atoms with Crippen molar-refractivity contribution in [3.05, 3.63) is 69.9 Å². The number of thiophene rings is 1. The minimum absolute atomic E-state index is 0.0122. The van der Waals surface area contributed by atoms with E-state index in [4.69, 9.17) is 4.74 Å². The Morgan fingerprint density at radius 2 is 1.74 bits per heavy atom. The maximum absolute atomic E-state index is 13.0. The van der Waals surface area contributed by atoms with Crippen molar-refractivity contribution in [2.75, 3.05) is 12.4 Å². The van der Waals surface area contributed by atoms with Crippen LogP contribution in [0.4, 0.5) is 5.69 Å². The molecule has 2 aromatic carbocycles. The zero-order chi connectivity index (χ0) is 19.6. The number of methoxy groups -OCH3 is 1. The first-order valence-corrected chi connectivity index (χ1v) is 9.82. The molecule has 0 aliphatic rings. The second kappa shape index (κ2) is 7.57. The van der Waals surface area contributed by atoms with Crippen LogP contribution in [0.1, 0.15) is 41.6 Å². The Morgan fingerprint density at radius 3 is 2.37 bits per heavy atom. The van der Waals surface area contributed by atoms with Crippen LogP contribution < -0.4 is 10.1 Å². The third kappa shape index (κ3) is 4.22. The van der Waals surface area contributed by atoms with Crippen molar-refractivity contribution in [3.8, 4) is 16.9 Å². The van der Waals surface area contributed by atoms with Crippen molar-refractivity contribution < 1.29 is 9.53 Å². The van der Waals surface area contributed by atoms with Crippen LogP contribution in [-0.4, -0.2) is 13.0 Å². The van der Waals surface area contributed by atoms with E-state index in [1.54, 1.807) is 7.11 Å². The fourth-order valence-electron chi connectivity index (χ4n) is 2.90. The lowest BCUT2D eigenvalue weighted by Gasteiger charge is -2.21. The molecule has 0 unspecified atom stereocenters. The average Bonchev–Trinajstić information content (AvgIpc) is 3.11. The zero-order valence-corrected chi connectivity index (χ0v) is 17.2. The summed E-state index contributed by atoms with van der Waals surface area (Å²) in [7, 11) is 1.62. The van der Waals surface area contributed by atoms with Crippen molar-refractivity contribution >= 4 is 22.9 Å². The zero-order valence-electron chi connectivity index (χ0n) is 16.4. The Bertz CT molecular complexity index is 949. The van der Waals surface area contributed by atoms with Crippen LogP contribution in [0.2, 0.25) is 0 Å². The van der Waals surface area contributed by atoms with Gasteiger partial charge in [-0.1, -0.05) is 56.7 Å². The fraction of sp³-hybridized carbons (Fsp3) is 0.261. The number of hydrogen-bond acceptors (Lipinski definition) is 3. The minimum Gasteiger partial charge on any atom is -0.495 e. The van der Waals surface area contributed by atoms with E-state index in [2.05, 4.69) is 57.3 Å². The van der Waals surface area contributed by atoms with Gasteiger partial charge in [0.15, 0.2) is 0 Å². The monoisotopic (exact) mass is 379 g/mol. The van der Waals surface area contributed by atoms with Crippen LogP contribution in [0.15, 0.2) is 53.9 Å². The molecule has 140 valence electrons. The Balaban J connectivity index is 1.93. The third-order valence-electron chi connectivity index (χ3n) is 4.55. The van der Waals surface area contributed by atoms with E-state index in [1.165, 1.54) is 16.9 Å². The summed E-state index contributed by atoms with van der Waals surface area (Å²) in [6, 6.07) is 16.2. The maximum Gasteiger partial charge on any atom is 0.266 e. The molecule has 0 aliphatic heterocycles. The number of benzene rings is 2. The number of ether oxygens (including phenoxy) is 1. The molecule has 4 heteroatoms. The van der Waals surface area contributed by atoms with Crippen molar-refractivity contribution in [1.82, 2.24) is 0 Å². The second-order valence-electron chi connectivity index (χ2n) is 7.65. The van der Waals surface area contributed by atoms with Gasteiger partial charge in [-0.15, -0.1) is 11.3 Å². The van der Waals surface area contributed by atoms with Crippen LogP contribution in [0.3, 0.4) is 0 Å². The van der Waals surface area contributed by atoms with Gasteiger partial charge in [0.2, 0.25) is 0 Å². The van der Waals surface area contributed by atoms with Crippen molar-refractivity contribution in [3.63, 3.8) is 0 Å². The summed E-state index contributed by atoms with van der Waals surface area (Å²) < 4.78 is 5.45. The molecule has 0 saturated carbocycles. The number of carbonyl (C=O) groups is 1. The Labute approximate surface area is 165 Å². The second-order valence-corrected chi connectivity index (χ2v) is 8.56. The van der Waals surface area contributed by atoms with Crippen LogP contribution in [-0.2, 0) is 5.41 Å². The number of rotatable bonds is 4. The smallest absolute Gasteiger partial charge is 0.266 e. The fourth-order valence-corrected chi connectivity index (χ4v) is 3.71. The first-order chi connectivity index (χ1) is 12.8. The van der Waals surface area contributed by atoms with E-state index in [-0.39, 0.29) is 11.3 Å². The summed E-state index contributed by atoms with van der Waals surface area (Å²) in [5.41, 5.74) is 5.01. The SMILES string of the molecule is COc1ccc(C(C)(C)C)cc1NC(=O)c1sccc1-c1ccc(C)cc1. The standard InChI is InChI=1S/C23H25NO2S/c1-15-6-8-16(9-7-15)18-12-13-27-21(18)22(25)24-19-14-17(23(2,3)4)10-11-20(19)26-5/h6-14H,1-5H3,(H,24,25). The third-order valence-corrected chi connectivity index (χ3v) is 5.46. The van der Waals surface area contributed by atoms with Crippen molar-refractivity contribution in [2.24, 2.45) is 0 Å². The Morgan fingerprint density at radius 1 is 1.04 bits per heavy atom. The molecular weight excluding hydrogens is 354 g/mol. The molecule has 1 aromatic heterocycles. The first-order valence-electron chi connectivity index (χ1n) is 8.94. The van der Waals surface area contributed by atoms with Gasteiger partial charge < -0.3 is 10.1 Å². The molecule has 0 spiro atoms. The summed E-state index contributed by atoms with van der Waals surface area (Å²) in [5.74, 6) is 0.537. The number of anilines is 1. The van der Waals surface area contributed by atoms with Crippen LogP contribution in [0.5, 0.6) is 5.75 Å². The molecule has 0 aliphatic carbocycles. The van der Waals surface area contributed by atoms with Gasteiger partial charge in [-0.2, -0.15) is 0 Å². The summed E-state index contributed by atoms with van der Waals surface area (Å²) in [5, 5.41) is 5.00. The molecule has 0 fully saturated rings. The van der Waals surface area contributed by atoms with E-state index in [0.717, 1.165) is 16.7 Å². The largest absolute Gasteiger partial charge is 0.495 e. The van der Waals surface area contributed by atoms with Gasteiger partial charge in [-0.25, -0.2) is 0 Å². The van der Waals surface area contributed by atoms with Crippen molar-refractivity contribution in [2.45, 2.75) is 33.1 Å². The van der Waals surface area contributed by atoms with Gasteiger partial charge in [0.05, 0.1) is 17.7 Å². The highest BCUT2D eigenvalue weighted by Gasteiger charge is 2.19. The van der Waals surface area contributed by atoms with Gasteiger partial charge in [0.25, 0.3) is 5.91 Å². The molecule has 27 heavy (non-hydrogen) atoms. The molecule has 0 saturated heterocycles. The quantitative estimate of drug-likeness (QED) is 0.579. The molecule has 1 amide bonds. The average molecular weight is 380 g/mol. The molecule has 0 atom stereocenters. The highest BCUT2D eigenvalue weighted by Crippen LogP contribution is 2.34. The predicted octanol–water partition coefficient (Wildman–Crippen LogP) is 6.28. The molecule has 3 aromatic rings. The van der Waals surface area contributed by atoms with Crippen LogP contribution in [0, 0.1) is 6.92 Å². The molecule has 0 radical (unpaired) electrons.